The molecule has 0 spiro atoms. The van der Waals surface area contributed by atoms with Crippen molar-refractivity contribution in [3.63, 3.8) is 0 Å². The van der Waals surface area contributed by atoms with Crippen molar-refractivity contribution in [2.75, 3.05) is 39.7 Å². The summed E-state index contributed by atoms with van der Waals surface area (Å²) < 4.78 is 18.4. The van der Waals surface area contributed by atoms with Crippen molar-refractivity contribution in [3.8, 4) is 0 Å². The number of anilines is 1. The first-order valence-corrected chi connectivity index (χ1v) is 5.82. The molecular formula is C12H16FN3O4. The quantitative estimate of drug-likeness (QED) is 0.632. The number of rotatable bonds is 6. The highest BCUT2D eigenvalue weighted by molar-refractivity contribution is 5.99. The van der Waals surface area contributed by atoms with Crippen LogP contribution < -0.4 is 5.32 Å². The number of nitro benzene ring substituents is 1. The smallest absolute Gasteiger partial charge is 0.285 e. The molecule has 1 aromatic carbocycles. The van der Waals surface area contributed by atoms with Crippen LogP contribution in [0.3, 0.4) is 0 Å². The van der Waals surface area contributed by atoms with E-state index in [0.717, 1.165) is 12.1 Å². The molecule has 1 amide bonds. The maximum atomic E-state index is 13.5. The summed E-state index contributed by atoms with van der Waals surface area (Å²) in [6.45, 7) is 0.578. The Kier molecular flexibility index (Phi) is 5.39. The van der Waals surface area contributed by atoms with E-state index in [1.54, 1.807) is 0 Å². The molecule has 0 aromatic heterocycles. The number of nitrogens with one attached hydrogen (secondary N) is 1. The summed E-state index contributed by atoms with van der Waals surface area (Å²) in [4.78, 5) is 23.6. The van der Waals surface area contributed by atoms with E-state index < -0.39 is 22.3 Å². The van der Waals surface area contributed by atoms with Gasteiger partial charge in [-0.2, -0.15) is 0 Å². The first-order chi connectivity index (χ1) is 9.42. The minimum Gasteiger partial charge on any atom is -0.386 e. The van der Waals surface area contributed by atoms with Gasteiger partial charge in [-0.25, -0.2) is 4.39 Å². The van der Waals surface area contributed by atoms with Gasteiger partial charge in [0, 0.05) is 27.7 Å². The molecule has 1 rings (SSSR count). The lowest BCUT2D eigenvalue weighted by molar-refractivity contribution is -0.385. The fraction of sp³-hybridized carbons (Fsp3) is 0.417. The van der Waals surface area contributed by atoms with Crippen molar-refractivity contribution < 1.29 is 18.8 Å². The average molecular weight is 285 g/mol. The molecule has 0 radical (unpaired) electrons. The van der Waals surface area contributed by atoms with Crippen molar-refractivity contribution in [1.82, 2.24) is 4.90 Å². The third-order valence-corrected chi connectivity index (χ3v) is 2.76. The van der Waals surface area contributed by atoms with Crippen LogP contribution in [0.25, 0.3) is 0 Å². The lowest BCUT2D eigenvalue weighted by Gasteiger charge is -2.17. The number of carbonyl (C=O) groups is 1. The predicted octanol–water partition coefficient (Wildman–Crippen LogP) is 1.49. The fourth-order valence-electron chi connectivity index (χ4n) is 1.61. The summed E-state index contributed by atoms with van der Waals surface area (Å²) in [5.74, 6) is -1.35. The molecule has 0 aliphatic carbocycles. The molecule has 7 nitrogen and oxygen atoms in total. The number of amides is 1. The second-order valence-electron chi connectivity index (χ2n) is 4.08. The summed E-state index contributed by atoms with van der Waals surface area (Å²) in [5, 5.41) is 13.5. The molecule has 0 aliphatic rings. The number of hydrogen-bond acceptors (Lipinski definition) is 5. The molecule has 1 aromatic rings. The second kappa shape index (κ2) is 6.80. The van der Waals surface area contributed by atoms with E-state index in [1.807, 2.05) is 0 Å². The number of ether oxygens (including phenoxy) is 1. The van der Waals surface area contributed by atoms with Crippen LogP contribution in [0.2, 0.25) is 0 Å². The minimum atomic E-state index is -0.782. The molecule has 1 N–H and O–H groups in total. The Morgan fingerprint density at radius 2 is 2.20 bits per heavy atom. The van der Waals surface area contributed by atoms with Crippen LogP contribution in [0.4, 0.5) is 15.8 Å². The van der Waals surface area contributed by atoms with Gasteiger partial charge in [0.15, 0.2) is 5.82 Å². The average Bonchev–Trinajstić information content (AvgIpc) is 2.43. The highest BCUT2D eigenvalue weighted by Crippen LogP contribution is 2.26. The highest BCUT2D eigenvalue weighted by Gasteiger charge is 2.25. The molecule has 0 bridgehead atoms. The van der Waals surface area contributed by atoms with Crippen molar-refractivity contribution in [1.29, 1.82) is 0 Å². The first kappa shape index (κ1) is 15.8. The molecule has 110 valence electrons. The molecule has 0 saturated carbocycles. The number of nitro groups is 1. The zero-order valence-corrected chi connectivity index (χ0v) is 11.5. The Bertz CT molecular complexity index is 522. The van der Waals surface area contributed by atoms with Gasteiger partial charge in [0.1, 0.15) is 5.56 Å². The van der Waals surface area contributed by atoms with E-state index in [9.17, 15) is 19.3 Å². The number of benzene rings is 1. The normalized spacial score (nSPS) is 10.2. The van der Waals surface area contributed by atoms with E-state index in [2.05, 4.69) is 5.32 Å². The van der Waals surface area contributed by atoms with Crippen LogP contribution in [-0.2, 0) is 4.74 Å². The van der Waals surface area contributed by atoms with Crippen LogP contribution in [0.1, 0.15) is 10.4 Å². The molecule has 20 heavy (non-hydrogen) atoms. The number of carbonyl (C=O) groups excluding carboxylic acids is 1. The summed E-state index contributed by atoms with van der Waals surface area (Å²) in [7, 11) is 4.44. The van der Waals surface area contributed by atoms with Crippen LogP contribution >= 0.6 is 0 Å². The molecule has 0 fully saturated rings. The lowest BCUT2D eigenvalue weighted by atomic mass is 10.1. The lowest BCUT2D eigenvalue weighted by Crippen LogP contribution is -2.30. The number of hydrogen-bond donors (Lipinski definition) is 1. The van der Waals surface area contributed by atoms with Crippen LogP contribution in [-0.4, -0.2) is 50.1 Å². The van der Waals surface area contributed by atoms with Gasteiger partial charge in [-0.1, -0.05) is 0 Å². The van der Waals surface area contributed by atoms with Crippen molar-refractivity contribution in [2.24, 2.45) is 0 Å². The molecule has 8 heteroatoms. The van der Waals surface area contributed by atoms with E-state index in [4.69, 9.17) is 4.74 Å². The number of halogens is 1. The number of methoxy groups -OCH3 is 1. The Labute approximate surface area is 115 Å². The monoisotopic (exact) mass is 285 g/mol. The van der Waals surface area contributed by atoms with Crippen LogP contribution in [0, 0.1) is 15.9 Å². The summed E-state index contributed by atoms with van der Waals surface area (Å²) in [6, 6.07) is 1.88. The van der Waals surface area contributed by atoms with Crippen LogP contribution in [0.5, 0.6) is 0 Å². The van der Waals surface area contributed by atoms with Crippen LogP contribution in [0.15, 0.2) is 12.1 Å². The van der Waals surface area contributed by atoms with Gasteiger partial charge in [-0.3, -0.25) is 14.9 Å². The third-order valence-electron chi connectivity index (χ3n) is 2.76. The number of nitrogens with zero attached hydrogens (tertiary/aromatic N) is 2. The fourth-order valence-corrected chi connectivity index (χ4v) is 1.61. The van der Waals surface area contributed by atoms with E-state index in [0.29, 0.717) is 6.61 Å². The molecule has 0 unspecified atom stereocenters. The maximum Gasteiger partial charge on any atom is 0.285 e. The zero-order chi connectivity index (χ0) is 15.3. The SMILES string of the molecule is CNc1cc(C(=O)N(C)CCOC)c([N+](=O)[O-])cc1F. The van der Waals surface area contributed by atoms with Crippen molar-refractivity contribution in [2.45, 2.75) is 0 Å². The standard InChI is InChI=1S/C12H16FN3O4/c1-14-10-6-8(11(16(18)19)7-9(10)13)12(17)15(2)4-5-20-3/h6-7,14H,4-5H2,1-3H3. The molecule has 0 aliphatic heterocycles. The highest BCUT2D eigenvalue weighted by atomic mass is 19.1. The Morgan fingerprint density at radius 3 is 2.70 bits per heavy atom. The van der Waals surface area contributed by atoms with Crippen molar-refractivity contribution >= 4 is 17.3 Å². The predicted molar refractivity (Wildman–Crippen MR) is 71.4 cm³/mol. The van der Waals surface area contributed by atoms with Gasteiger partial charge in [-0.05, 0) is 6.07 Å². The Balaban J connectivity index is 3.20. The third kappa shape index (κ3) is 3.41. The largest absolute Gasteiger partial charge is 0.386 e. The summed E-state index contributed by atoms with van der Waals surface area (Å²) >= 11 is 0. The second-order valence-corrected chi connectivity index (χ2v) is 4.08. The van der Waals surface area contributed by atoms with Gasteiger partial charge in [0.2, 0.25) is 0 Å². The molecule has 0 atom stereocenters. The summed E-state index contributed by atoms with van der Waals surface area (Å²) in [6.07, 6.45) is 0. The topological polar surface area (TPSA) is 84.7 Å². The van der Waals surface area contributed by atoms with Gasteiger partial charge in [0.25, 0.3) is 11.6 Å². The van der Waals surface area contributed by atoms with Gasteiger partial charge in [0.05, 0.1) is 23.3 Å². The Morgan fingerprint density at radius 1 is 1.55 bits per heavy atom. The molecule has 0 saturated heterocycles. The van der Waals surface area contributed by atoms with Gasteiger partial charge < -0.3 is 15.0 Å². The van der Waals surface area contributed by atoms with E-state index >= 15 is 0 Å². The van der Waals surface area contributed by atoms with Gasteiger partial charge in [-0.15, -0.1) is 0 Å². The first-order valence-electron chi connectivity index (χ1n) is 5.82. The number of likely N-dealkylation sites (N-methyl/N-ethyl adjacent to an activating group) is 1. The van der Waals surface area contributed by atoms with E-state index in [1.165, 1.54) is 26.1 Å². The minimum absolute atomic E-state index is 0.0269. The van der Waals surface area contributed by atoms with Gasteiger partial charge >= 0.3 is 0 Å². The summed E-state index contributed by atoms with van der Waals surface area (Å²) in [5.41, 5.74) is -0.700. The molecular weight excluding hydrogens is 269 g/mol. The van der Waals surface area contributed by atoms with E-state index in [-0.39, 0.29) is 17.8 Å². The zero-order valence-electron chi connectivity index (χ0n) is 11.5. The Hall–Kier alpha value is -2.22. The maximum absolute atomic E-state index is 13.5. The molecule has 0 heterocycles. The van der Waals surface area contributed by atoms with Crippen molar-refractivity contribution in [3.05, 3.63) is 33.6 Å².